The predicted molar refractivity (Wildman–Crippen MR) is 96.7 cm³/mol. The van der Waals surface area contributed by atoms with E-state index in [9.17, 15) is 18.8 Å². The van der Waals surface area contributed by atoms with Crippen LogP contribution in [0.5, 0.6) is 0 Å². The maximum Gasteiger partial charge on any atom is 0.337 e. The zero-order valence-corrected chi connectivity index (χ0v) is 15.2. The van der Waals surface area contributed by atoms with E-state index in [0.717, 1.165) is 11.0 Å². The van der Waals surface area contributed by atoms with E-state index in [1.165, 1.54) is 24.1 Å². The lowest BCUT2D eigenvalue weighted by molar-refractivity contribution is -0.123. The molecular weight excluding hydrogens is 351 g/mol. The number of ether oxygens (including phenoxy) is 1. The lowest BCUT2D eigenvalue weighted by Crippen LogP contribution is -2.43. The van der Waals surface area contributed by atoms with Crippen molar-refractivity contribution in [2.45, 2.75) is 25.9 Å². The number of halogens is 1. The summed E-state index contributed by atoms with van der Waals surface area (Å²) in [4.78, 5) is 39.6. The van der Waals surface area contributed by atoms with Crippen LogP contribution in [0.25, 0.3) is 0 Å². The number of nitrogens with zero attached hydrogens (tertiary/aromatic N) is 2. The lowest BCUT2D eigenvalue weighted by atomic mass is 10.0. The second kappa shape index (κ2) is 6.83. The normalized spacial score (nSPS) is 16.0. The van der Waals surface area contributed by atoms with Gasteiger partial charge in [-0.25, -0.2) is 18.9 Å². The Hall–Kier alpha value is -3.22. The Morgan fingerprint density at radius 2 is 1.78 bits per heavy atom. The number of carbonyl (C=O) groups is 3. The third-order valence-electron chi connectivity index (χ3n) is 4.64. The van der Waals surface area contributed by atoms with Crippen LogP contribution in [0.1, 0.15) is 29.8 Å². The number of esters is 1. The molecule has 2 aromatic rings. The Morgan fingerprint density at radius 1 is 1.11 bits per heavy atom. The van der Waals surface area contributed by atoms with Gasteiger partial charge in [0.15, 0.2) is 0 Å². The molecule has 2 aromatic carbocycles. The van der Waals surface area contributed by atoms with Gasteiger partial charge in [0.05, 0.1) is 24.9 Å². The highest BCUT2D eigenvalue weighted by atomic mass is 19.1. The van der Waals surface area contributed by atoms with Crippen LogP contribution in [-0.4, -0.2) is 35.5 Å². The minimum Gasteiger partial charge on any atom is -0.465 e. The van der Waals surface area contributed by atoms with Gasteiger partial charge in [0.1, 0.15) is 11.4 Å². The maximum atomic E-state index is 14.5. The van der Waals surface area contributed by atoms with Crippen molar-refractivity contribution in [3.63, 3.8) is 0 Å². The van der Waals surface area contributed by atoms with Gasteiger partial charge in [-0.3, -0.25) is 4.79 Å². The highest BCUT2D eigenvalue weighted by Gasteiger charge is 2.51. The average Bonchev–Trinajstić information content (AvgIpc) is 2.82. The number of hydrogen-bond acceptors (Lipinski definition) is 4. The molecule has 3 amide bonds. The van der Waals surface area contributed by atoms with Crippen molar-refractivity contribution < 1.29 is 23.5 Å². The molecular formula is C20H19FN2O4. The molecule has 0 radical (unpaired) electrons. The predicted octanol–water partition coefficient (Wildman–Crippen LogP) is 3.36. The topological polar surface area (TPSA) is 66.9 Å². The number of anilines is 1. The van der Waals surface area contributed by atoms with Gasteiger partial charge in [0, 0.05) is 5.56 Å². The molecule has 0 N–H and O–H groups in total. The van der Waals surface area contributed by atoms with Gasteiger partial charge < -0.3 is 9.64 Å². The number of imide groups is 1. The molecule has 0 saturated carbocycles. The Morgan fingerprint density at radius 3 is 2.37 bits per heavy atom. The number of para-hydroxylation sites is 1. The van der Waals surface area contributed by atoms with Gasteiger partial charge in [0.25, 0.3) is 5.91 Å². The summed E-state index contributed by atoms with van der Waals surface area (Å²) in [6.07, 6.45) is 0. The number of benzene rings is 2. The molecule has 0 unspecified atom stereocenters. The molecule has 0 atom stereocenters. The fourth-order valence-corrected chi connectivity index (χ4v) is 3.00. The molecule has 0 aliphatic carbocycles. The maximum absolute atomic E-state index is 14.5. The molecule has 1 fully saturated rings. The van der Waals surface area contributed by atoms with Crippen LogP contribution in [-0.2, 0) is 16.1 Å². The molecule has 1 heterocycles. The van der Waals surface area contributed by atoms with Crippen molar-refractivity contribution in [3.8, 4) is 0 Å². The van der Waals surface area contributed by atoms with E-state index < -0.39 is 23.4 Å². The Kier molecular flexibility index (Phi) is 4.70. The number of amides is 3. The summed E-state index contributed by atoms with van der Waals surface area (Å²) in [6, 6.07) is 12.0. The van der Waals surface area contributed by atoms with Crippen LogP contribution in [0.15, 0.2) is 48.5 Å². The first-order valence-electron chi connectivity index (χ1n) is 8.35. The molecule has 7 heteroatoms. The Labute approximate surface area is 156 Å². The summed E-state index contributed by atoms with van der Waals surface area (Å²) >= 11 is 0. The number of hydrogen-bond donors (Lipinski definition) is 0. The zero-order valence-electron chi connectivity index (χ0n) is 15.2. The minimum atomic E-state index is -1.14. The van der Waals surface area contributed by atoms with Gasteiger partial charge in [-0.05, 0) is 38.1 Å². The largest absolute Gasteiger partial charge is 0.465 e. The fourth-order valence-electron chi connectivity index (χ4n) is 3.00. The highest BCUT2D eigenvalue weighted by Crippen LogP contribution is 2.33. The van der Waals surface area contributed by atoms with E-state index in [4.69, 9.17) is 0 Å². The van der Waals surface area contributed by atoms with E-state index in [2.05, 4.69) is 4.74 Å². The van der Waals surface area contributed by atoms with Gasteiger partial charge >= 0.3 is 12.0 Å². The number of urea groups is 1. The zero-order chi connectivity index (χ0) is 19.8. The SMILES string of the molecule is COC(=O)c1ccc(CN2C(=O)N(c3ccccc3)C(=O)C2(C)C)c(F)c1. The van der Waals surface area contributed by atoms with E-state index >= 15 is 0 Å². The summed E-state index contributed by atoms with van der Waals surface area (Å²) in [5, 5.41) is 0. The van der Waals surface area contributed by atoms with E-state index in [-0.39, 0.29) is 23.6 Å². The third kappa shape index (κ3) is 3.16. The van der Waals surface area contributed by atoms with Crippen LogP contribution in [0.2, 0.25) is 0 Å². The second-order valence-electron chi connectivity index (χ2n) is 6.70. The van der Waals surface area contributed by atoms with Crippen molar-refractivity contribution in [1.29, 1.82) is 0 Å². The van der Waals surface area contributed by atoms with E-state index in [0.29, 0.717) is 5.69 Å². The Balaban J connectivity index is 1.92. The molecule has 27 heavy (non-hydrogen) atoms. The van der Waals surface area contributed by atoms with Crippen molar-refractivity contribution in [3.05, 3.63) is 65.5 Å². The first-order valence-corrected chi connectivity index (χ1v) is 8.35. The van der Waals surface area contributed by atoms with Crippen LogP contribution in [0, 0.1) is 5.82 Å². The minimum absolute atomic E-state index is 0.0766. The molecule has 3 rings (SSSR count). The van der Waals surface area contributed by atoms with Crippen LogP contribution < -0.4 is 4.90 Å². The molecule has 1 aliphatic heterocycles. The van der Waals surface area contributed by atoms with Crippen molar-refractivity contribution in [2.75, 3.05) is 12.0 Å². The lowest BCUT2D eigenvalue weighted by Gasteiger charge is -2.27. The smallest absolute Gasteiger partial charge is 0.337 e. The first kappa shape index (κ1) is 18.6. The monoisotopic (exact) mass is 370 g/mol. The van der Waals surface area contributed by atoms with Crippen molar-refractivity contribution >= 4 is 23.6 Å². The third-order valence-corrected chi connectivity index (χ3v) is 4.64. The van der Waals surface area contributed by atoms with E-state index in [1.807, 2.05) is 0 Å². The summed E-state index contributed by atoms with van der Waals surface area (Å²) in [7, 11) is 1.21. The number of methoxy groups -OCH3 is 1. The van der Waals surface area contributed by atoms with Crippen molar-refractivity contribution in [2.24, 2.45) is 0 Å². The van der Waals surface area contributed by atoms with Crippen LogP contribution in [0.4, 0.5) is 14.9 Å². The molecule has 0 aromatic heterocycles. The molecule has 0 bridgehead atoms. The van der Waals surface area contributed by atoms with E-state index in [1.54, 1.807) is 44.2 Å². The quantitative estimate of drug-likeness (QED) is 0.611. The standard InChI is InChI=1S/C20H19FN2O4/c1-20(2)18(25)23(15-7-5-4-6-8-15)19(26)22(20)12-14-10-9-13(11-16(14)21)17(24)27-3/h4-11H,12H2,1-3H3. The highest BCUT2D eigenvalue weighted by molar-refractivity contribution is 6.22. The van der Waals surface area contributed by atoms with Crippen LogP contribution >= 0.6 is 0 Å². The van der Waals surface area contributed by atoms with Gasteiger partial charge in [0.2, 0.25) is 0 Å². The summed E-state index contributed by atoms with van der Waals surface area (Å²) in [6.45, 7) is 3.14. The number of carbonyl (C=O) groups excluding carboxylic acids is 3. The average molecular weight is 370 g/mol. The summed E-state index contributed by atoms with van der Waals surface area (Å²) in [5.74, 6) is -1.68. The van der Waals surface area contributed by atoms with Gasteiger partial charge in [-0.15, -0.1) is 0 Å². The molecule has 6 nitrogen and oxygen atoms in total. The molecule has 1 saturated heterocycles. The second-order valence-corrected chi connectivity index (χ2v) is 6.70. The number of rotatable bonds is 4. The van der Waals surface area contributed by atoms with Gasteiger partial charge in [-0.2, -0.15) is 0 Å². The first-order chi connectivity index (χ1) is 12.8. The summed E-state index contributed by atoms with van der Waals surface area (Å²) < 4.78 is 19.0. The molecule has 140 valence electrons. The Bertz CT molecular complexity index is 911. The summed E-state index contributed by atoms with van der Waals surface area (Å²) in [5.41, 5.74) is -0.399. The van der Waals surface area contributed by atoms with Crippen molar-refractivity contribution in [1.82, 2.24) is 4.90 Å². The molecule has 1 aliphatic rings. The van der Waals surface area contributed by atoms with Crippen LogP contribution in [0.3, 0.4) is 0 Å². The fraction of sp³-hybridized carbons (Fsp3) is 0.250. The van der Waals surface area contributed by atoms with Gasteiger partial charge in [-0.1, -0.05) is 24.3 Å². The molecule has 0 spiro atoms.